The van der Waals surface area contributed by atoms with E-state index in [1.54, 1.807) is 4.90 Å². The largest absolute Gasteiger partial charge is 0.496 e. The molecule has 0 unspecified atom stereocenters. The molecule has 6 nitrogen and oxygen atoms in total. The van der Waals surface area contributed by atoms with Crippen LogP contribution in [-0.2, 0) is 11.3 Å². The number of hydrogen-bond acceptors (Lipinski definition) is 4. The van der Waals surface area contributed by atoms with Gasteiger partial charge in [0.2, 0.25) is 5.91 Å². The fourth-order valence-corrected chi connectivity index (χ4v) is 3.18. The highest BCUT2D eigenvalue weighted by molar-refractivity contribution is 5.97. The molecule has 2 aromatic rings. The maximum atomic E-state index is 13.5. The molecule has 0 saturated carbocycles. The van der Waals surface area contributed by atoms with E-state index in [1.165, 1.54) is 25.3 Å². The van der Waals surface area contributed by atoms with Crippen molar-refractivity contribution >= 4 is 11.8 Å². The molecule has 0 aliphatic carbocycles. The van der Waals surface area contributed by atoms with E-state index in [0.717, 1.165) is 5.56 Å². The summed E-state index contributed by atoms with van der Waals surface area (Å²) in [4.78, 5) is 28.5. The molecule has 0 spiro atoms. The number of methoxy groups -OCH3 is 1. The third-order valence-electron chi connectivity index (χ3n) is 4.75. The van der Waals surface area contributed by atoms with E-state index in [1.807, 2.05) is 35.2 Å². The van der Waals surface area contributed by atoms with Crippen LogP contribution >= 0.6 is 0 Å². The maximum Gasteiger partial charge on any atom is 0.257 e. The lowest BCUT2D eigenvalue weighted by Gasteiger charge is -2.34. The van der Waals surface area contributed by atoms with Crippen LogP contribution in [0.25, 0.3) is 0 Å². The van der Waals surface area contributed by atoms with E-state index in [4.69, 9.17) is 4.74 Å². The Morgan fingerprint density at radius 1 is 1.07 bits per heavy atom. The average Bonchev–Trinajstić information content (AvgIpc) is 2.73. The third-order valence-corrected chi connectivity index (χ3v) is 4.75. The van der Waals surface area contributed by atoms with E-state index >= 15 is 0 Å². The van der Waals surface area contributed by atoms with Crippen molar-refractivity contribution in [2.45, 2.75) is 6.54 Å². The molecule has 0 radical (unpaired) electrons. The molecule has 2 aromatic carbocycles. The molecule has 7 heteroatoms. The minimum absolute atomic E-state index is 0.0459. The minimum Gasteiger partial charge on any atom is -0.496 e. The van der Waals surface area contributed by atoms with Gasteiger partial charge in [-0.15, -0.1) is 0 Å². The van der Waals surface area contributed by atoms with Gasteiger partial charge >= 0.3 is 0 Å². The minimum atomic E-state index is -0.474. The first-order valence-electron chi connectivity index (χ1n) is 9.22. The SMILES string of the molecule is COc1ccc(F)cc1C(=O)N1CCN(CC(=O)NCc2ccccc2)CC1. The van der Waals surface area contributed by atoms with Crippen molar-refractivity contribution in [3.8, 4) is 5.75 Å². The van der Waals surface area contributed by atoms with Crippen molar-refractivity contribution < 1.29 is 18.7 Å². The van der Waals surface area contributed by atoms with Crippen molar-refractivity contribution in [3.05, 3.63) is 65.5 Å². The molecule has 3 rings (SSSR count). The first-order valence-corrected chi connectivity index (χ1v) is 9.22. The zero-order valence-electron chi connectivity index (χ0n) is 15.9. The molecule has 1 saturated heterocycles. The lowest BCUT2D eigenvalue weighted by atomic mass is 10.1. The average molecular weight is 385 g/mol. The van der Waals surface area contributed by atoms with Crippen molar-refractivity contribution in [3.63, 3.8) is 0 Å². The molecule has 2 amide bonds. The highest BCUT2D eigenvalue weighted by Gasteiger charge is 2.25. The summed E-state index contributed by atoms with van der Waals surface area (Å²) < 4.78 is 18.7. The summed E-state index contributed by atoms with van der Waals surface area (Å²) in [6.07, 6.45) is 0. The number of nitrogens with one attached hydrogen (secondary N) is 1. The molecule has 1 N–H and O–H groups in total. The van der Waals surface area contributed by atoms with Crippen molar-refractivity contribution in [1.29, 1.82) is 0 Å². The normalized spacial score (nSPS) is 14.6. The maximum absolute atomic E-state index is 13.5. The fraction of sp³-hybridized carbons (Fsp3) is 0.333. The topological polar surface area (TPSA) is 61.9 Å². The molecule has 1 fully saturated rings. The van der Waals surface area contributed by atoms with Crippen LogP contribution in [0.5, 0.6) is 5.75 Å². The Balaban J connectivity index is 1.48. The molecule has 0 atom stereocenters. The van der Waals surface area contributed by atoms with Crippen LogP contribution in [0, 0.1) is 5.82 Å². The Morgan fingerprint density at radius 3 is 2.46 bits per heavy atom. The van der Waals surface area contributed by atoms with Crippen molar-refractivity contribution in [2.75, 3.05) is 39.8 Å². The van der Waals surface area contributed by atoms with Crippen molar-refractivity contribution in [2.24, 2.45) is 0 Å². The molecule has 1 aliphatic rings. The smallest absolute Gasteiger partial charge is 0.257 e. The monoisotopic (exact) mass is 385 g/mol. The molecule has 1 aliphatic heterocycles. The predicted octanol–water partition coefficient (Wildman–Crippen LogP) is 1.91. The van der Waals surface area contributed by atoms with Gasteiger partial charge in [-0.25, -0.2) is 4.39 Å². The summed E-state index contributed by atoms with van der Waals surface area (Å²) in [5.41, 5.74) is 1.27. The number of amides is 2. The van der Waals surface area contributed by atoms with Gasteiger partial charge in [-0.05, 0) is 23.8 Å². The number of carbonyl (C=O) groups excluding carboxylic acids is 2. The number of halogens is 1. The first-order chi connectivity index (χ1) is 13.6. The highest BCUT2D eigenvalue weighted by Crippen LogP contribution is 2.21. The van der Waals surface area contributed by atoms with Crippen LogP contribution < -0.4 is 10.1 Å². The second-order valence-corrected chi connectivity index (χ2v) is 6.68. The highest BCUT2D eigenvalue weighted by atomic mass is 19.1. The van der Waals surface area contributed by atoms with E-state index < -0.39 is 5.82 Å². The lowest BCUT2D eigenvalue weighted by molar-refractivity contribution is -0.122. The van der Waals surface area contributed by atoms with Crippen LogP contribution in [-0.4, -0.2) is 61.4 Å². The van der Waals surface area contributed by atoms with E-state index in [9.17, 15) is 14.0 Å². The Hall–Kier alpha value is -2.93. The second-order valence-electron chi connectivity index (χ2n) is 6.68. The summed E-state index contributed by atoms with van der Waals surface area (Å²) in [6, 6.07) is 13.7. The van der Waals surface area contributed by atoms with Gasteiger partial charge in [0.15, 0.2) is 0 Å². The van der Waals surface area contributed by atoms with E-state index in [2.05, 4.69) is 5.32 Å². The van der Waals surface area contributed by atoms with Gasteiger partial charge in [0, 0.05) is 32.7 Å². The summed E-state index contributed by atoms with van der Waals surface area (Å²) in [5, 5.41) is 2.91. The zero-order valence-corrected chi connectivity index (χ0v) is 15.9. The lowest BCUT2D eigenvalue weighted by Crippen LogP contribution is -2.51. The van der Waals surface area contributed by atoms with Gasteiger partial charge in [-0.3, -0.25) is 14.5 Å². The zero-order chi connectivity index (χ0) is 19.9. The van der Waals surface area contributed by atoms with Crippen molar-refractivity contribution in [1.82, 2.24) is 15.1 Å². The summed E-state index contributed by atoms with van der Waals surface area (Å²) >= 11 is 0. The molecule has 148 valence electrons. The number of hydrogen-bond donors (Lipinski definition) is 1. The Morgan fingerprint density at radius 2 is 1.79 bits per heavy atom. The molecular weight excluding hydrogens is 361 g/mol. The molecule has 0 bridgehead atoms. The standard InChI is InChI=1S/C21H24FN3O3/c1-28-19-8-7-17(22)13-18(19)21(27)25-11-9-24(10-12-25)15-20(26)23-14-16-5-3-2-4-6-16/h2-8,13H,9-12,14-15H2,1H3,(H,23,26). The van der Waals surface area contributed by atoms with Crippen LogP contribution in [0.3, 0.4) is 0 Å². The van der Waals surface area contributed by atoms with Crippen LogP contribution in [0.15, 0.2) is 48.5 Å². The number of rotatable bonds is 6. The van der Waals surface area contributed by atoms with Gasteiger partial charge < -0.3 is 15.0 Å². The molecular formula is C21H24FN3O3. The van der Waals surface area contributed by atoms with Gasteiger partial charge in [0.05, 0.1) is 19.2 Å². The first kappa shape index (κ1) is 19.8. The van der Waals surface area contributed by atoms with Crippen LogP contribution in [0.4, 0.5) is 4.39 Å². The quantitative estimate of drug-likeness (QED) is 0.825. The Bertz CT molecular complexity index is 821. The fourth-order valence-electron chi connectivity index (χ4n) is 3.18. The number of piperazine rings is 1. The van der Waals surface area contributed by atoms with Gasteiger partial charge in [0.1, 0.15) is 11.6 Å². The number of nitrogens with zero attached hydrogens (tertiary/aromatic N) is 2. The van der Waals surface area contributed by atoms with E-state index in [0.29, 0.717) is 38.5 Å². The second kappa shape index (κ2) is 9.32. The Labute approximate surface area is 163 Å². The van der Waals surface area contributed by atoms with Crippen LogP contribution in [0.2, 0.25) is 0 Å². The summed E-state index contributed by atoms with van der Waals surface area (Å²) in [6.45, 7) is 2.91. The summed E-state index contributed by atoms with van der Waals surface area (Å²) in [7, 11) is 1.45. The van der Waals surface area contributed by atoms with E-state index in [-0.39, 0.29) is 23.9 Å². The van der Waals surface area contributed by atoms with Gasteiger partial charge in [0.25, 0.3) is 5.91 Å². The Kier molecular flexibility index (Phi) is 6.60. The number of benzene rings is 2. The molecule has 1 heterocycles. The number of ether oxygens (including phenoxy) is 1. The van der Waals surface area contributed by atoms with Gasteiger partial charge in [-0.2, -0.15) is 0 Å². The van der Waals surface area contributed by atoms with Crippen LogP contribution in [0.1, 0.15) is 15.9 Å². The third kappa shape index (κ3) is 5.07. The summed E-state index contributed by atoms with van der Waals surface area (Å²) in [5.74, 6) is -0.424. The predicted molar refractivity (Wildman–Crippen MR) is 104 cm³/mol. The van der Waals surface area contributed by atoms with Gasteiger partial charge in [-0.1, -0.05) is 30.3 Å². The molecule has 28 heavy (non-hydrogen) atoms. The number of carbonyl (C=O) groups is 2. The molecule has 0 aromatic heterocycles.